The van der Waals surface area contributed by atoms with Gasteiger partial charge in [-0.3, -0.25) is 4.79 Å². The number of benzene rings is 1. The minimum absolute atomic E-state index is 0.0122. The van der Waals surface area contributed by atoms with Gasteiger partial charge in [-0.25, -0.2) is 4.68 Å². The molecule has 0 saturated heterocycles. The maximum atomic E-state index is 11.5. The van der Waals surface area contributed by atoms with Crippen LogP contribution in [-0.2, 0) is 22.6 Å². The Labute approximate surface area is 116 Å². The third kappa shape index (κ3) is 4.36. The predicted octanol–water partition coefficient (Wildman–Crippen LogP) is 0.359. The van der Waals surface area contributed by atoms with E-state index in [0.29, 0.717) is 18.8 Å². The van der Waals surface area contributed by atoms with Crippen molar-refractivity contribution in [3.63, 3.8) is 0 Å². The predicted molar refractivity (Wildman–Crippen MR) is 70.8 cm³/mol. The zero-order valence-electron chi connectivity index (χ0n) is 10.9. The van der Waals surface area contributed by atoms with Gasteiger partial charge in [-0.15, -0.1) is 5.10 Å². The Kier molecular flexibility index (Phi) is 5.08. The van der Waals surface area contributed by atoms with Crippen LogP contribution in [0.2, 0.25) is 0 Å². The number of carbonyl (C=O) groups is 1. The molecule has 0 radical (unpaired) electrons. The first kappa shape index (κ1) is 14.0. The van der Waals surface area contributed by atoms with E-state index in [-0.39, 0.29) is 13.2 Å². The highest BCUT2D eigenvalue weighted by atomic mass is 16.6. The molecule has 7 heteroatoms. The monoisotopic (exact) mass is 276 g/mol. The maximum absolute atomic E-state index is 11.5. The van der Waals surface area contributed by atoms with Gasteiger partial charge in [-0.2, -0.15) is 0 Å². The average molecular weight is 276 g/mol. The Morgan fingerprint density at radius 3 is 2.75 bits per heavy atom. The van der Waals surface area contributed by atoms with Gasteiger partial charge in [0.15, 0.2) is 0 Å². The van der Waals surface area contributed by atoms with Crippen molar-refractivity contribution in [2.45, 2.75) is 13.1 Å². The van der Waals surface area contributed by atoms with E-state index in [9.17, 15) is 4.79 Å². The second-order valence-corrected chi connectivity index (χ2v) is 3.99. The van der Waals surface area contributed by atoms with E-state index in [0.717, 1.165) is 5.75 Å². The minimum atomic E-state index is -0.393. The van der Waals surface area contributed by atoms with Gasteiger partial charge < -0.3 is 15.2 Å². The normalized spacial score (nSPS) is 10.2. The van der Waals surface area contributed by atoms with Gasteiger partial charge in [-0.05, 0) is 12.1 Å². The average Bonchev–Trinajstić information content (AvgIpc) is 2.92. The van der Waals surface area contributed by atoms with E-state index in [1.807, 2.05) is 30.3 Å². The minimum Gasteiger partial charge on any atom is -0.490 e. The second kappa shape index (κ2) is 7.25. The first-order chi connectivity index (χ1) is 9.78. The molecule has 2 rings (SSSR count). The smallest absolute Gasteiger partial charge is 0.327 e. The topological polar surface area (TPSA) is 92.3 Å². The molecule has 0 fully saturated rings. The molecule has 0 amide bonds. The van der Waals surface area contributed by atoms with Crippen LogP contribution in [0.25, 0.3) is 0 Å². The van der Waals surface area contributed by atoms with Crippen molar-refractivity contribution in [2.75, 3.05) is 13.2 Å². The number of rotatable bonds is 7. The molecular weight excluding hydrogens is 260 g/mol. The fourth-order valence-corrected chi connectivity index (χ4v) is 1.52. The Morgan fingerprint density at radius 1 is 1.25 bits per heavy atom. The van der Waals surface area contributed by atoms with Crippen molar-refractivity contribution in [1.29, 1.82) is 0 Å². The standard InChI is InChI=1S/C13H16N4O3/c14-8-11-9-17(16-15-11)10-13(18)20-7-6-19-12-4-2-1-3-5-12/h1-5,9H,6-8,10,14H2. The molecule has 0 spiro atoms. The van der Waals surface area contributed by atoms with Gasteiger partial charge in [-0.1, -0.05) is 23.4 Å². The zero-order chi connectivity index (χ0) is 14.2. The SMILES string of the molecule is NCc1cn(CC(=O)OCCOc2ccccc2)nn1. The molecule has 0 saturated carbocycles. The first-order valence-electron chi connectivity index (χ1n) is 6.20. The summed E-state index contributed by atoms with van der Waals surface area (Å²) in [7, 11) is 0. The van der Waals surface area contributed by atoms with Crippen LogP contribution < -0.4 is 10.5 Å². The molecule has 7 nitrogen and oxygen atoms in total. The largest absolute Gasteiger partial charge is 0.490 e. The Bertz CT molecular complexity index is 542. The summed E-state index contributed by atoms with van der Waals surface area (Å²) in [5.41, 5.74) is 6.03. The summed E-state index contributed by atoms with van der Waals surface area (Å²) in [5, 5.41) is 7.54. The Balaban J connectivity index is 1.65. The number of carbonyl (C=O) groups excluding carboxylic acids is 1. The summed E-state index contributed by atoms with van der Waals surface area (Å²) >= 11 is 0. The number of nitrogens with two attached hydrogens (primary N) is 1. The molecule has 0 atom stereocenters. The summed E-state index contributed by atoms with van der Waals surface area (Å²) in [4.78, 5) is 11.5. The van der Waals surface area contributed by atoms with Gasteiger partial charge in [0, 0.05) is 6.54 Å². The van der Waals surface area contributed by atoms with Crippen LogP contribution in [-0.4, -0.2) is 34.2 Å². The lowest BCUT2D eigenvalue weighted by molar-refractivity contribution is -0.145. The number of hydrogen-bond acceptors (Lipinski definition) is 6. The number of esters is 1. The summed E-state index contributed by atoms with van der Waals surface area (Å²) in [5.74, 6) is 0.350. The van der Waals surface area contributed by atoms with Crippen LogP contribution in [0.15, 0.2) is 36.5 Å². The molecule has 0 unspecified atom stereocenters. The van der Waals surface area contributed by atoms with Gasteiger partial charge >= 0.3 is 5.97 Å². The van der Waals surface area contributed by atoms with E-state index in [4.69, 9.17) is 15.2 Å². The van der Waals surface area contributed by atoms with Crippen molar-refractivity contribution in [3.05, 3.63) is 42.2 Å². The fourth-order valence-electron chi connectivity index (χ4n) is 1.52. The molecule has 0 aliphatic carbocycles. The van der Waals surface area contributed by atoms with Gasteiger partial charge in [0.2, 0.25) is 0 Å². The first-order valence-corrected chi connectivity index (χ1v) is 6.20. The molecule has 2 N–H and O–H groups in total. The lowest BCUT2D eigenvalue weighted by Crippen LogP contribution is -2.17. The summed E-state index contributed by atoms with van der Waals surface area (Å²) in [6.45, 7) is 0.797. The molecular formula is C13H16N4O3. The molecule has 20 heavy (non-hydrogen) atoms. The lowest BCUT2D eigenvalue weighted by Gasteiger charge is -2.07. The Hall–Kier alpha value is -2.41. The van der Waals surface area contributed by atoms with E-state index in [2.05, 4.69) is 10.3 Å². The quantitative estimate of drug-likeness (QED) is 0.580. The molecule has 0 aliphatic heterocycles. The fraction of sp³-hybridized carbons (Fsp3) is 0.308. The van der Waals surface area contributed by atoms with Crippen molar-refractivity contribution >= 4 is 5.97 Å². The van der Waals surface area contributed by atoms with Crippen LogP contribution in [0.5, 0.6) is 5.75 Å². The Morgan fingerprint density at radius 2 is 2.05 bits per heavy atom. The highest BCUT2D eigenvalue weighted by Crippen LogP contribution is 2.07. The number of hydrogen-bond donors (Lipinski definition) is 1. The van der Waals surface area contributed by atoms with E-state index < -0.39 is 5.97 Å². The van der Waals surface area contributed by atoms with Crippen LogP contribution >= 0.6 is 0 Å². The lowest BCUT2D eigenvalue weighted by atomic mass is 10.3. The molecule has 0 bridgehead atoms. The highest BCUT2D eigenvalue weighted by molar-refractivity contribution is 5.68. The molecule has 2 aromatic rings. The van der Waals surface area contributed by atoms with Gasteiger partial charge in [0.05, 0.1) is 11.9 Å². The zero-order valence-corrected chi connectivity index (χ0v) is 10.9. The molecule has 1 aromatic heterocycles. The van der Waals surface area contributed by atoms with E-state index in [1.54, 1.807) is 6.20 Å². The van der Waals surface area contributed by atoms with Crippen molar-refractivity contribution < 1.29 is 14.3 Å². The number of aromatic nitrogens is 3. The summed E-state index contributed by atoms with van der Waals surface area (Å²) < 4.78 is 11.8. The van der Waals surface area contributed by atoms with Crippen molar-refractivity contribution in [2.24, 2.45) is 5.73 Å². The third-order valence-corrected chi connectivity index (χ3v) is 2.44. The van der Waals surface area contributed by atoms with Crippen LogP contribution in [0.1, 0.15) is 5.69 Å². The van der Waals surface area contributed by atoms with E-state index in [1.165, 1.54) is 4.68 Å². The second-order valence-electron chi connectivity index (χ2n) is 3.99. The number of para-hydroxylation sites is 1. The van der Waals surface area contributed by atoms with Crippen LogP contribution in [0.3, 0.4) is 0 Å². The third-order valence-electron chi connectivity index (χ3n) is 2.44. The number of nitrogens with zero attached hydrogens (tertiary/aromatic N) is 3. The van der Waals surface area contributed by atoms with Gasteiger partial charge in [0.1, 0.15) is 25.5 Å². The van der Waals surface area contributed by atoms with Gasteiger partial charge in [0.25, 0.3) is 0 Å². The highest BCUT2D eigenvalue weighted by Gasteiger charge is 2.06. The molecule has 1 aromatic carbocycles. The number of ether oxygens (including phenoxy) is 2. The summed E-state index contributed by atoms with van der Waals surface area (Å²) in [6, 6.07) is 9.33. The van der Waals surface area contributed by atoms with Crippen LogP contribution in [0.4, 0.5) is 0 Å². The van der Waals surface area contributed by atoms with Crippen molar-refractivity contribution in [3.8, 4) is 5.75 Å². The van der Waals surface area contributed by atoms with E-state index >= 15 is 0 Å². The molecule has 1 heterocycles. The molecule has 0 aliphatic rings. The maximum Gasteiger partial charge on any atom is 0.327 e. The van der Waals surface area contributed by atoms with Crippen LogP contribution in [0, 0.1) is 0 Å². The summed E-state index contributed by atoms with van der Waals surface area (Å²) in [6.07, 6.45) is 1.61. The molecule has 106 valence electrons. The van der Waals surface area contributed by atoms with Crippen molar-refractivity contribution in [1.82, 2.24) is 15.0 Å².